The van der Waals surface area contributed by atoms with Crippen LogP contribution < -0.4 is 11.3 Å². The highest BCUT2D eigenvalue weighted by Gasteiger charge is 2.17. The van der Waals surface area contributed by atoms with Crippen molar-refractivity contribution in [3.8, 4) is 12.1 Å². The zero-order valence-corrected chi connectivity index (χ0v) is 7.39. The quantitative estimate of drug-likeness (QED) is 0.411. The summed E-state index contributed by atoms with van der Waals surface area (Å²) in [7, 11) is 0. The molecule has 0 aliphatic carbocycles. The largest absolute Gasteiger partial charge is 0.318 e. The maximum Gasteiger partial charge on any atom is 0.295 e. The van der Waals surface area contributed by atoms with Gasteiger partial charge in [0, 0.05) is 6.07 Å². The van der Waals surface area contributed by atoms with Gasteiger partial charge in [-0.25, -0.2) is 0 Å². The molecule has 0 aromatic heterocycles. The molecular formula is C8H5N5O2. The summed E-state index contributed by atoms with van der Waals surface area (Å²) in [6, 6.07) is 5.62. The average molecular weight is 203 g/mol. The van der Waals surface area contributed by atoms with Crippen LogP contribution in [0.1, 0.15) is 11.1 Å². The normalized spacial score (nSPS) is 8.73. The summed E-state index contributed by atoms with van der Waals surface area (Å²) in [5, 5.41) is 27.9. The van der Waals surface area contributed by atoms with Gasteiger partial charge in [0.1, 0.15) is 17.8 Å². The molecular weight excluding hydrogens is 198 g/mol. The molecule has 0 spiro atoms. The molecule has 1 aromatic rings. The SMILES string of the molecule is N#Cc1cc(NN)c([N+](=O)[O-])cc1C#N. The van der Waals surface area contributed by atoms with Gasteiger partial charge in [-0.2, -0.15) is 10.5 Å². The predicted octanol–water partition coefficient (Wildman–Crippen LogP) is 0.624. The molecule has 0 bridgehead atoms. The molecule has 0 saturated carbocycles. The molecule has 1 rings (SSSR count). The number of hydrazine groups is 1. The Morgan fingerprint density at radius 3 is 2.27 bits per heavy atom. The standard InChI is InChI=1S/C8H5N5O2/c9-3-5-1-7(12-11)8(13(14)15)2-6(5)4-10/h1-2,12H,11H2. The van der Waals surface area contributed by atoms with Crippen LogP contribution in [0.2, 0.25) is 0 Å². The second kappa shape index (κ2) is 4.05. The minimum absolute atomic E-state index is 0.00412. The smallest absolute Gasteiger partial charge is 0.295 e. The van der Waals surface area contributed by atoms with Crippen molar-refractivity contribution in [3.05, 3.63) is 33.4 Å². The Balaban J connectivity index is 3.51. The number of nitrogens with one attached hydrogen (secondary N) is 1. The molecule has 3 N–H and O–H groups in total. The van der Waals surface area contributed by atoms with E-state index in [4.69, 9.17) is 16.4 Å². The first-order chi connectivity index (χ1) is 7.13. The Labute approximate surface area is 84.5 Å². The number of nitrogens with two attached hydrogens (primary N) is 1. The lowest BCUT2D eigenvalue weighted by Gasteiger charge is -2.02. The zero-order valence-electron chi connectivity index (χ0n) is 7.39. The molecule has 0 unspecified atom stereocenters. The monoisotopic (exact) mass is 203 g/mol. The Morgan fingerprint density at radius 1 is 1.33 bits per heavy atom. The number of nitro groups is 1. The highest BCUT2D eigenvalue weighted by atomic mass is 16.6. The van der Waals surface area contributed by atoms with Crippen molar-refractivity contribution < 1.29 is 4.92 Å². The van der Waals surface area contributed by atoms with Crippen LogP contribution in [-0.4, -0.2) is 4.92 Å². The third-order valence-corrected chi connectivity index (χ3v) is 1.73. The van der Waals surface area contributed by atoms with Crippen LogP contribution >= 0.6 is 0 Å². The molecule has 7 nitrogen and oxygen atoms in total. The van der Waals surface area contributed by atoms with E-state index in [0.717, 1.165) is 12.1 Å². The van der Waals surface area contributed by atoms with E-state index in [0.29, 0.717) is 0 Å². The first kappa shape index (κ1) is 10.4. The van der Waals surface area contributed by atoms with E-state index in [1.165, 1.54) is 0 Å². The Kier molecular flexibility index (Phi) is 2.82. The maximum absolute atomic E-state index is 10.6. The van der Waals surface area contributed by atoms with Crippen LogP contribution in [0.25, 0.3) is 0 Å². The number of benzene rings is 1. The van der Waals surface area contributed by atoms with Gasteiger partial charge in [0.05, 0.1) is 16.1 Å². The Hall–Kier alpha value is -2.64. The topological polar surface area (TPSA) is 129 Å². The van der Waals surface area contributed by atoms with Crippen LogP contribution in [0, 0.1) is 32.8 Å². The van der Waals surface area contributed by atoms with E-state index in [9.17, 15) is 10.1 Å². The van der Waals surface area contributed by atoms with E-state index in [-0.39, 0.29) is 22.5 Å². The van der Waals surface area contributed by atoms with Crippen molar-refractivity contribution in [2.75, 3.05) is 5.43 Å². The summed E-state index contributed by atoms with van der Waals surface area (Å²) in [6.07, 6.45) is 0. The van der Waals surface area contributed by atoms with E-state index < -0.39 is 4.92 Å². The highest BCUT2D eigenvalue weighted by molar-refractivity contribution is 5.68. The van der Waals surface area contributed by atoms with E-state index in [2.05, 4.69) is 5.43 Å². The molecule has 7 heteroatoms. The first-order valence-electron chi connectivity index (χ1n) is 3.73. The Morgan fingerprint density at radius 2 is 1.87 bits per heavy atom. The van der Waals surface area contributed by atoms with Gasteiger partial charge in [0.15, 0.2) is 0 Å². The maximum atomic E-state index is 10.6. The Bertz CT molecular complexity index is 497. The van der Waals surface area contributed by atoms with Crippen molar-refractivity contribution >= 4 is 11.4 Å². The molecule has 1 aromatic carbocycles. The van der Waals surface area contributed by atoms with Gasteiger partial charge >= 0.3 is 0 Å². The molecule has 0 amide bonds. The summed E-state index contributed by atoms with van der Waals surface area (Å²) in [5.41, 5.74) is 1.74. The second-order valence-corrected chi connectivity index (χ2v) is 2.54. The summed E-state index contributed by atoms with van der Waals surface area (Å²) < 4.78 is 0. The van der Waals surface area contributed by atoms with Crippen molar-refractivity contribution in [3.63, 3.8) is 0 Å². The van der Waals surface area contributed by atoms with Gasteiger partial charge < -0.3 is 5.43 Å². The van der Waals surface area contributed by atoms with Gasteiger partial charge in [0.25, 0.3) is 5.69 Å². The lowest BCUT2D eigenvalue weighted by Crippen LogP contribution is -2.09. The number of nitrogens with zero attached hydrogens (tertiary/aromatic N) is 3. The number of anilines is 1. The van der Waals surface area contributed by atoms with Gasteiger partial charge in [0.2, 0.25) is 0 Å². The lowest BCUT2D eigenvalue weighted by atomic mass is 10.1. The lowest BCUT2D eigenvalue weighted by molar-refractivity contribution is -0.384. The summed E-state index contributed by atoms with van der Waals surface area (Å²) in [4.78, 5) is 9.88. The van der Waals surface area contributed by atoms with E-state index >= 15 is 0 Å². The number of nitro benzene ring substituents is 1. The van der Waals surface area contributed by atoms with Gasteiger partial charge in [-0.15, -0.1) is 0 Å². The second-order valence-electron chi connectivity index (χ2n) is 2.54. The zero-order chi connectivity index (χ0) is 11.4. The number of nitriles is 2. The number of nitrogen functional groups attached to an aromatic ring is 1. The molecule has 0 saturated heterocycles. The van der Waals surface area contributed by atoms with Gasteiger partial charge in [-0.1, -0.05) is 0 Å². The van der Waals surface area contributed by atoms with Gasteiger partial charge in [-0.05, 0) is 6.07 Å². The summed E-state index contributed by atoms with van der Waals surface area (Å²) in [6.45, 7) is 0. The minimum Gasteiger partial charge on any atom is -0.318 e. The van der Waals surface area contributed by atoms with Crippen LogP contribution in [0.15, 0.2) is 12.1 Å². The highest BCUT2D eigenvalue weighted by Crippen LogP contribution is 2.26. The fourth-order valence-electron chi connectivity index (χ4n) is 1.04. The van der Waals surface area contributed by atoms with E-state index in [1.807, 2.05) is 0 Å². The third kappa shape index (κ3) is 1.82. The fraction of sp³-hybridized carbons (Fsp3) is 0. The van der Waals surface area contributed by atoms with Crippen LogP contribution in [0.5, 0.6) is 0 Å². The molecule has 0 fully saturated rings. The number of hydrogen-bond donors (Lipinski definition) is 2. The number of hydrogen-bond acceptors (Lipinski definition) is 6. The fourth-order valence-corrected chi connectivity index (χ4v) is 1.04. The predicted molar refractivity (Wildman–Crippen MR) is 50.3 cm³/mol. The molecule has 0 heterocycles. The van der Waals surface area contributed by atoms with E-state index in [1.54, 1.807) is 12.1 Å². The van der Waals surface area contributed by atoms with Crippen molar-refractivity contribution in [2.24, 2.45) is 5.84 Å². The summed E-state index contributed by atoms with van der Waals surface area (Å²) in [5.74, 6) is 5.06. The molecule has 15 heavy (non-hydrogen) atoms. The van der Waals surface area contributed by atoms with Crippen LogP contribution in [0.4, 0.5) is 11.4 Å². The molecule has 0 aliphatic heterocycles. The van der Waals surface area contributed by atoms with Crippen LogP contribution in [0.3, 0.4) is 0 Å². The molecule has 0 radical (unpaired) electrons. The van der Waals surface area contributed by atoms with Crippen molar-refractivity contribution in [1.29, 1.82) is 10.5 Å². The van der Waals surface area contributed by atoms with Crippen molar-refractivity contribution in [1.82, 2.24) is 0 Å². The molecule has 0 atom stereocenters. The first-order valence-corrected chi connectivity index (χ1v) is 3.73. The van der Waals surface area contributed by atoms with Gasteiger partial charge in [-0.3, -0.25) is 16.0 Å². The number of rotatable bonds is 2. The van der Waals surface area contributed by atoms with Crippen LogP contribution in [-0.2, 0) is 0 Å². The van der Waals surface area contributed by atoms with Crippen molar-refractivity contribution in [2.45, 2.75) is 0 Å². The minimum atomic E-state index is -0.683. The summed E-state index contributed by atoms with van der Waals surface area (Å²) >= 11 is 0. The average Bonchev–Trinajstić information content (AvgIpc) is 2.26. The molecule has 0 aliphatic rings. The third-order valence-electron chi connectivity index (χ3n) is 1.73. The molecule has 74 valence electrons.